The van der Waals surface area contributed by atoms with Gasteiger partial charge in [0.1, 0.15) is 23.4 Å². The van der Waals surface area contributed by atoms with E-state index in [0.717, 1.165) is 19.4 Å². The van der Waals surface area contributed by atoms with E-state index in [4.69, 9.17) is 0 Å². The Morgan fingerprint density at radius 3 is 2.09 bits per heavy atom. The zero-order valence-corrected chi connectivity index (χ0v) is 19.4. The fourth-order valence-corrected chi connectivity index (χ4v) is 7.40. The van der Waals surface area contributed by atoms with E-state index in [1.165, 1.54) is 77.7 Å². The van der Waals surface area contributed by atoms with Crippen LogP contribution in [0, 0.1) is 13.8 Å². The standard InChI is InChI=1S/C32H23N2/c1-17-18(2)34-31-29-23-12-6-4-9-20(23)15-26(29)25-14-19-8-3-5-11-22(19)28(25)30(31)24-13-7-10-21-16-33(17)32(34)27(21)24/h3-13H,14-16H2,1-2H3/q+1. The van der Waals surface area contributed by atoms with Crippen LogP contribution in [0.15, 0.2) is 66.7 Å². The van der Waals surface area contributed by atoms with Crippen molar-refractivity contribution < 1.29 is 4.57 Å². The van der Waals surface area contributed by atoms with Crippen LogP contribution in [0.2, 0.25) is 0 Å². The third kappa shape index (κ3) is 1.76. The molecule has 2 aromatic heterocycles. The fraction of sp³-hybridized carbons (Fsp3) is 0.156. The number of aromatic nitrogens is 2. The van der Waals surface area contributed by atoms with E-state index in [-0.39, 0.29) is 0 Å². The lowest BCUT2D eigenvalue weighted by Gasteiger charge is -2.16. The highest BCUT2D eigenvalue weighted by atomic mass is 15.1. The lowest BCUT2D eigenvalue weighted by molar-refractivity contribution is -0.663. The summed E-state index contributed by atoms with van der Waals surface area (Å²) in [5, 5.41) is 4.32. The van der Waals surface area contributed by atoms with Crippen molar-refractivity contribution in [2.24, 2.45) is 0 Å². The van der Waals surface area contributed by atoms with Gasteiger partial charge in [0.15, 0.2) is 0 Å². The molecule has 0 N–H and O–H groups in total. The van der Waals surface area contributed by atoms with Gasteiger partial charge in [-0.05, 0) is 51.8 Å². The molecule has 0 atom stereocenters. The van der Waals surface area contributed by atoms with E-state index >= 15 is 0 Å². The van der Waals surface area contributed by atoms with Crippen molar-refractivity contribution in [3.05, 3.63) is 106 Å². The number of aryl methyl sites for hydroxylation is 1. The largest absolute Gasteiger partial charge is 0.295 e. The summed E-state index contributed by atoms with van der Waals surface area (Å²) in [5.74, 6) is 0. The Bertz CT molecular complexity index is 1950. The molecule has 0 radical (unpaired) electrons. The summed E-state index contributed by atoms with van der Waals surface area (Å²) < 4.78 is 5.16. The number of benzene rings is 4. The van der Waals surface area contributed by atoms with Gasteiger partial charge < -0.3 is 0 Å². The highest BCUT2D eigenvalue weighted by Gasteiger charge is 2.38. The summed E-state index contributed by atoms with van der Waals surface area (Å²) in [6, 6.07) is 25.2. The highest BCUT2D eigenvalue weighted by molar-refractivity contribution is 6.23. The molecular formula is C32H23N2+. The van der Waals surface area contributed by atoms with Crippen molar-refractivity contribution in [2.75, 3.05) is 0 Å². The highest BCUT2D eigenvalue weighted by Crippen LogP contribution is 2.54. The van der Waals surface area contributed by atoms with Gasteiger partial charge in [-0.3, -0.25) is 0 Å². The van der Waals surface area contributed by atoms with E-state index < -0.39 is 0 Å². The Hall–Kier alpha value is -3.91. The third-order valence-electron chi connectivity index (χ3n) is 8.93. The molecule has 0 bridgehead atoms. The normalized spacial score (nSPS) is 14.4. The molecule has 0 saturated heterocycles. The molecule has 3 aliphatic rings. The molecule has 2 heteroatoms. The van der Waals surface area contributed by atoms with E-state index in [2.05, 4.69) is 89.5 Å². The molecule has 6 aromatic rings. The van der Waals surface area contributed by atoms with Crippen LogP contribution in [-0.4, -0.2) is 4.40 Å². The van der Waals surface area contributed by atoms with Crippen molar-refractivity contribution in [1.82, 2.24) is 4.40 Å². The third-order valence-corrected chi connectivity index (χ3v) is 8.93. The van der Waals surface area contributed by atoms with Crippen molar-refractivity contribution >= 4 is 27.3 Å². The van der Waals surface area contributed by atoms with Gasteiger partial charge >= 0.3 is 0 Å². The monoisotopic (exact) mass is 435 g/mol. The molecule has 0 amide bonds. The lowest BCUT2D eigenvalue weighted by atomic mass is 9.88. The molecular weight excluding hydrogens is 412 g/mol. The minimum Gasteiger partial charge on any atom is -0.222 e. The number of rotatable bonds is 0. The number of hydrogen-bond acceptors (Lipinski definition) is 0. The van der Waals surface area contributed by atoms with Gasteiger partial charge in [0.25, 0.3) is 5.65 Å². The Morgan fingerprint density at radius 1 is 0.676 bits per heavy atom. The molecule has 0 unspecified atom stereocenters. The summed E-state index contributed by atoms with van der Waals surface area (Å²) >= 11 is 0. The Labute approximate surface area is 197 Å². The minimum absolute atomic E-state index is 0.976. The summed E-state index contributed by atoms with van der Waals surface area (Å²) in [6.45, 7) is 5.58. The van der Waals surface area contributed by atoms with E-state index in [1.807, 2.05) is 0 Å². The average Bonchev–Trinajstić information content (AvgIpc) is 3.59. The average molecular weight is 436 g/mol. The van der Waals surface area contributed by atoms with Crippen LogP contribution >= 0.6 is 0 Å². The number of imidazole rings is 1. The first-order valence-corrected chi connectivity index (χ1v) is 12.4. The summed E-state index contributed by atoms with van der Waals surface area (Å²) in [4.78, 5) is 0. The first-order chi connectivity index (χ1) is 16.7. The van der Waals surface area contributed by atoms with Gasteiger partial charge in [0.2, 0.25) is 0 Å². The molecule has 34 heavy (non-hydrogen) atoms. The predicted octanol–water partition coefficient (Wildman–Crippen LogP) is 6.65. The van der Waals surface area contributed by atoms with Gasteiger partial charge in [-0.25, -0.2) is 4.57 Å². The van der Waals surface area contributed by atoms with Gasteiger partial charge in [0.05, 0.1) is 5.39 Å². The van der Waals surface area contributed by atoms with Gasteiger partial charge in [-0.15, -0.1) is 0 Å². The van der Waals surface area contributed by atoms with E-state index in [0.29, 0.717) is 0 Å². The number of pyridine rings is 1. The van der Waals surface area contributed by atoms with E-state index in [1.54, 1.807) is 11.1 Å². The minimum atomic E-state index is 0.976. The Kier molecular flexibility index (Phi) is 2.88. The van der Waals surface area contributed by atoms with Crippen LogP contribution in [0.1, 0.15) is 39.2 Å². The molecule has 0 fully saturated rings. The van der Waals surface area contributed by atoms with Gasteiger partial charge in [-0.2, -0.15) is 4.40 Å². The Morgan fingerprint density at radius 2 is 1.32 bits per heavy atom. The molecule has 1 aliphatic heterocycles. The maximum atomic E-state index is 2.62. The quantitative estimate of drug-likeness (QED) is 0.186. The van der Waals surface area contributed by atoms with Crippen molar-refractivity contribution in [3.8, 4) is 22.3 Å². The fourth-order valence-electron chi connectivity index (χ4n) is 7.40. The molecule has 2 aliphatic carbocycles. The number of nitrogens with zero attached hydrogens (tertiary/aromatic N) is 2. The van der Waals surface area contributed by atoms with Crippen LogP contribution in [0.3, 0.4) is 0 Å². The topological polar surface area (TPSA) is 8.29 Å². The number of hydrogen-bond donors (Lipinski definition) is 0. The molecule has 4 aromatic carbocycles. The molecule has 9 rings (SSSR count). The van der Waals surface area contributed by atoms with Crippen LogP contribution < -0.4 is 4.57 Å². The van der Waals surface area contributed by atoms with Crippen molar-refractivity contribution in [2.45, 2.75) is 33.2 Å². The summed E-state index contributed by atoms with van der Waals surface area (Å²) in [6.07, 6.45) is 2.08. The molecule has 0 saturated carbocycles. The van der Waals surface area contributed by atoms with Crippen LogP contribution in [0.4, 0.5) is 0 Å². The lowest BCUT2D eigenvalue weighted by Crippen LogP contribution is -2.33. The molecule has 160 valence electrons. The second-order valence-electron chi connectivity index (χ2n) is 10.4. The molecule has 2 nitrogen and oxygen atoms in total. The van der Waals surface area contributed by atoms with Crippen LogP contribution in [0.5, 0.6) is 0 Å². The van der Waals surface area contributed by atoms with Gasteiger partial charge in [0, 0.05) is 35.7 Å². The maximum absolute atomic E-state index is 2.62. The summed E-state index contributed by atoms with van der Waals surface area (Å²) in [5.41, 5.74) is 18.9. The SMILES string of the molecule is Cc1c(C)[n+]2c3c4c(cccc4c4c5c(c6c(c4n13)-c1ccccc1C6)Cc1ccccc1-5)C2. The van der Waals surface area contributed by atoms with Crippen LogP contribution in [0.25, 0.3) is 49.6 Å². The second kappa shape index (κ2) is 5.59. The molecule has 0 spiro atoms. The first-order valence-electron chi connectivity index (χ1n) is 12.4. The van der Waals surface area contributed by atoms with Crippen molar-refractivity contribution in [1.29, 1.82) is 0 Å². The zero-order chi connectivity index (χ0) is 22.3. The summed E-state index contributed by atoms with van der Waals surface area (Å²) in [7, 11) is 0. The van der Waals surface area contributed by atoms with E-state index in [9.17, 15) is 0 Å². The predicted molar refractivity (Wildman–Crippen MR) is 138 cm³/mol. The van der Waals surface area contributed by atoms with Crippen molar-refractivity contribution in [3.63, 3.8) is 0 Å². The van der Waals surface area contributed by atoms with Gasteiger partial charge in [-0.1, -0.05) is 66.7 Å². The maximum Gasteiger partial charge on any atom is 0.295 e. The molecule has 3 heterocycles. The zero-order valence-electron chi connectivity index (χ0n) is 19.4. The van der Waals surface area contributed by atoms with Crippen LogP contribution in [-0.2, 0) is 19.4 Å². The Balaban J connectivity index is 1.67. The number of fused-ring (bicyclic) bond motifs is 12. The first kappa shape index (κ1) is 17.6. The smallest absolute Gasteiger partial charge is 0.222 e. The second-order valence-corrected chi connectivity index (χ2v) is 10.4.